The highest BCUT2D eigenvalue weighted by Crippen LogP contribution is 2.33. The molecule has 0 radical (unpaired) electrons. The van der Waals surface area contributed by atoms with Gasteiger partial charge in [-0.25, -0.2) is 9.97 Å². The minimum absolute atomic E-state index is 0.0770. The number of nitrogens with one attached hydrogen (secondary N) is 2. The first kappa shape index (κ1) is 20.1. The van der Waals surface area contributed by atoms with Crippen LogP contribution in [0.15, 0.2) is 54.9 Å². The molecule has 1 aromatic heterocycles. The first-order chi connectivity index (χ1) is 13.7. The molecule has 0 unspecified atom stereocenters. The Morgan fingerprint density at radius 1 is 0.931 bits per heavy atom. The van der Waals surface area contributed by atoms with Crippen molar-refractivity contribution in [1.29, 1.82) is 0 Å². The number of benzene rings is 2. The van der Waals surface area contributed by atoms with Gasteiger partial charge < -0.3 is 15.4 Å². The van der Waals surface area contributed by atoms with E-state index in [1.807, 2.05) is 0 Å². The molecule has 3 aromatic rings. The van der Waals surface area contributed by atoms with Gasteiger partial charge in [0.1, 0.15) is 12.1 Å². The summed E-state index contributed by atoms with van der Waals surface area (Å²) in [6.07, 6.45) is -3.71. The molecule has 0 saturated carbocycles. The summed E-state index contributed by atoms with van der Waals surface area (Å²) in [7, 11) is 0. The van der Waals surface area contributed by atoms with E-state index in [9.17, 15) is 23.3 Å². The van der Waals surface area contributed by atoms with Gasteiger partial charge in [0.05, 0.1) is 4.92 Å². The Labute approximate surface area is 166 Å². The zero-order valence-electron chi connectivity index (χ0n) is 14.3. The summed E-state index contributed by atoms with van der Waals surface area (Å²) in [5.74, 6) is -0.650. The first-order valence-corrected chi connectivity index (χ1v) is 8.24. The summed E-state index contributed by atoms with van der Waals surface area (Å²) in [5.41, 5.74) is 0.327. The molecule has 3 rings (SSSR count). The fraction of sp³-hybridized carbons (Fsp3) is 0.0588. The summed E-state index contributed by atoms with van der Waals surface area (Å²) < 4.78 is 40.5. The number of ether oxygens (including phenoxy) is 1. The molecule has 0 aliphatic carbocycles. The lowest BCUT2D eigenvalue weighted by atomic mass is 10.3. The van der Waals surface area contributed by atoms with Crippen molar-refractivity contribution in [1.82, 2.24) is 9.97 Å². The summed E-state index contributed by atoms with van der Waals surface area (Å²) in [6, 6.07) is 11.1. The standard InChI is InChI=1S/C17H11ClF3N5O3/c18-10-1-3-11(4-2-10)24-15-14(26(27)28)16(23-9-22-15)25-12-5-7-13(8-6-12)29-17(19,20)21/h1-9H,(H2,22,23,24,25). The van der Waals surface area contributed by atoms with Gasteiger partial charge >= 0.3 is 12.0 Å². The number of halogens is 4. The second kappa shape index (κ2) is 8.19. The van der Waals surface area contributed by atoms with Crippen LogP contribution in [0.5, 0.6) is 5.75 Å². The van der Waals surface area contributed by atoms with Gasteiger partial charge in [0.15, 0.2) is 0 Å². The molecule has 2 N–H and O–H groups in total. The van der Waals surface area contributed by atoms with E-state index in [0.717, 1.165) is 18.5 Å². The Hall–Kier alpha value is -3.60. The first-order valence-electron chi connectivity index (χ1n) is 7.86. The SMILES string of the molecule is O=[N+]([O-])c1c(Nc2ccc(Cl)cc2)ncnc1Nc1ccc(OC(F)(F)F)cc1. The van der Waals surface area contributed by atoms with Gasteiger partial charge in [-0.1, -0.05) is 11.6 Å². The molecule has 0 fully saturated rings. The van der Waals surface area contributed by atoms with Crippen LogP contribution < -0.4 is 15.4 Å². The molecule has 2 aromatic carbocycles. The monoisotopic (exact) mass is 425 g/mol. The number of anilines is 4. The molecule has 0 atom stereocenters. The fourth-order valence-electron chi connectivity index (χ4n) is 2.28. The van der Waals surface area contributed by atoms with Crippen molar-refractivity contribution >= 4 is 40.3 Å². The normalized spacial score (nSPS) is 11.0. The molecule has 29 heavy (non-hydrogen) atoms. The number of rotatable bonds is 6. The van der Waals surface area contributed by atoms with Gasteiger partial charge in [-0.2, -0.15) is 0 Å². The van der Waals surface area contributed by atoms with Crippen LogP contribution in [0.25, 0.3) is 0 Å². The van der Waals surface area contributed by atoms with Gasteiger partial charge in [-0.05, 0) is 48.5 Å². The molecule has 0 aliphatic heterocycles. The highest BCUT2D eigenvalue weighted by Gasteiger charge is 2.31. The maximum Gasteiger partial charge on any atom is 0.573 e. The Balaban J connectivity index is 1.85. The van der Waals surface area contributed by atoms with E-state index in [4.69, 9.17) is 11.6 Å². The predicted octanol–water partition coefficient (Wildman–Crippen LogP) is 5.42. The van der Waals surface area contributed by atoms with Gasteiger partial charge in [-0.15, -0.1) is 13.2 Å². The molecule has 0 aliphatic rings. The van der Waals surface area contributed by atoms with Crippen LogP contribution in [0.3, 0.4) is 0 Å². The minimum atomic E-state index is -4.82. The predicted molar refractivity (Wildman–Crippen MR) is 99.8 cm³/mol. The number of hydrogen-bond acceptors (Lipinski definition) is 7. The van der Waals surface area contributed by atoms with Crippen molar-refractivity contribution in [3.63, 3.8) is 0 Å². The van der Waals surface area contributed by atoms with E-state index < -0.39 is 22.7 Å². The van der Waals surface area contributed by atoms with Gasteiger partial charge in [0, 0.05) is 16.4 Å². The maximum absolute atomic E-state index is 12.2. The van der Waals surface area contributed by atoms with Crippen LogP contribution in [0, 0.1) is 10.1 Å². The number of nitro groups is 1. The van der Waals surface area contributed by atoms with Crippen molar-refractivity contribution in [2.45, 2.75) is 6.36 Å². The quantitative estimate of drug-likeness (QED) is 0.401. The molecule has 150 valence electrons. The van der Waals surface area contributed by atoms with Crippen molar-refractivity contribution in [2.24, 2.45) is 0 Å². The number of hydrogen-bond donors (Lipinski definition) is 2. The van der Waals surface area contributed by atoms with E-state index in [1.165, 1.54) is 12.1 Å². The van der Waals surface area contributed by atoms with Crippen molar-refractivity contribution in [2.75, 3.05) is 10.6 Å². The molecule has 0 bridgehead atoms. The zero-order valence-corrected chi connectivity index (χ0v) is 15.0. The molecule has 1 heterocycles. The van der Waals surface area contributed by atoms with Gasteiger partial charge in [0.25, 0.3) is 0 Å². The second-order valence-corrected chi connectivity index (χ2v) is 5.94. The van der Waals surface area contributed by atoms with Crippen molar-refractivity contribution in [3.05, 3.63) is 70.0 Å². The third kappa shape index (κ3) is 5.45. The smallest absolute Gasteiger partial charge is 0.406 e. The average molecular weight is 426 g/mol. The highest BCUT2D eigenvalue weighted by molar-refractivity contribution is 6.30. The number of aromatic nitrogens is 2. The average Bonchev–Trinajstić information content (AvgIpc) is 2.64. The summed E-state index contributed by atoms with van der Waals surface area (Å²) in [6.45, 7) is 0. The van der Waals surface area contributed by atoms with Crippen LogP contribution in [0.4, 0.5) is 41.9 Å². The number of nitrogens with zero attached hydrogens (tertiary/aromatic N) is 3. The highest BCUT2D eigenvalue weighted by atomic mass is 35.5. The van der Waals surface area contributed by atoms with Crippen LogP contribution in [-0.2, 0) is 0 Å². The zero-order chi connectivity index (χ0) is 21.0. The van der Waals surface area contributed by atoms with E-state index in [-0.39, 0.29) is 17.3 Å². The Morgan fingerprint density at radius 3 is 1.86 bits per heavy atom. The van der Waals surface area contributed by atoms with Crippen LogP contribution in [0.1, 0.15) is 0 Å². The van der Waals surface area contributed by atoms with Gasteiger partial charge in [0.2, 0.25) is 11.6 Å². The van der Waals surface area contributed by atoms with Crippen molar-refractivity contribution < 1.29 is 22.8 Å². The summed E-state index contributed by atoms with van der Waals surface area (Å²) in [5, 5.41) is 17.6. The van der Waals surface area contributed by atoms with E-state index in [0.29, 0.717) is 10.7 Å². The topological polar surface area (TPSA) is 102 Å². The lowest BCUT2D eigenvalue weighted by Crippen LogP contribution is -2.17. The largest absolute Gasteiger partial charge is 0.573 e. The molecule has 0 spiro atoms. The van der Waals surface area contributed by atoms with Crippen LogP contribution in [0.2, 0.25) is 5.02 Å². The minimum Gasteiger partial charge on any atom is -0.406 e. The summed E-state index contributed by atoms with van der Waals surface area (Å²) in [4.78, 5) is 18.6. The molecule has 0 amide bonds. The lowest BCUT2D eigenvalue weighted by Gasteiger charge is -2.11. The summed E-state index contributed by atoms with van der Waals surface area (Å²) >= 11 is 5.82. The molecular weight excluding hydrogens is 415 g/mol. The number of alkyl halides is 3. The van der Waals surface area contributed by atoms with E-state index in [2.05, 4.69) is 25.3 Å². The Bertz CT molecular complexity index is 1010. The third-order valence-corrected chi connectivity index (χ3v) is 3.71. The molecule has 8 nitrogen and oxygen atoms in total. The Morgan fingerprint density at radius 2 is 1.41 bits per heavy atom. The molecule has 12 heteroatoms. The lowest BCUT2D eigenvalue weighted by molar-refractivity contribution is -0.383. The Kier molecular flexibility index (Phi) is 5.69. The van der Waals surface area contributed by atoms with Crippen LogP contribution >= 0.6 is 11.6 Å². The third-order valence-electron chi connectivity index (χ3n) is 3.46. The second-order valence-electron chi connectivity index (χ2n) is 5.51. The fourth-order valence-corrected chi connectivity index (χ4v) is 2.41. The molecular formula is C17H11ClF3N5O3. The molecule has 0 saturated heterocycles. The van der Waals surface area contributed by atoms with E-state index in [1.54, 1.807) is 24.3 Å². The maximum atomic E-state index is 12.2. The van der Waals surface area contributed by atoms with E-state index >= 15 is 0 Å². The van der Waals surface area contributed by atoms with Crippen LogP contribution in [-0.4, -0.2) is 21.3 Å². The van der Waals surface area contributed by atoms with Gasteiger partial charge in [-0.3, -0.25) is 10.1 Å². The van der Waals surface area contributed by atoms with Crippen molar-refractivity contribution in [3.8, 4) is 5.75 Å².